The molecule has 1 aromatic carbocycles. The Morgan fingerprint density at radius 3 is 2.47 bits per heavy atom. The molecule has 0 spiro atoms. The van der Waals surface area contributed by atoms with E-state index in [1.807, 2.05) is 12.1 Å². The van der Waals surface area contributed by atoms with E-state index < -0.39 is 0 Å². The summed E-state index contributed by atoms with van der Waals surface area (Å²) in [6, 6.07) is 9.84. The fourth-order valence-electron chi connectivity index (χ4n) is 2.77. The van der Waals surface area contributed by atoms with E-state index in [1.54, 1.807) is 7.11 Å². The second-order valence-electron chi connectivity index (χ2n) is 5.38. The molecule has 1 unspecified atom stereocenters. The summed E-state index contributed by atoms with van der Waals surface area (Å²) < 4.78 is 5.19. The fourth-order valence-corrected chi connectivity index (χ4v) is 2.77. The Labute approximate surface area is 116 Å². The molecule has 1 N–H and O–H groups in total. The molecule has 0 amide bonds. The van der Waals surface area contributed by atoms with Crippen LogP contribution in [0.3, 0.4) is 0 Å². The van der Waals surface area contributed by atoms with E-state index in [2.05, 4.69) is 36.2 Å². The van der Waals surface area contributed by atoms with Gasteiger partial charge in [-0.05, 0) is 44.0 Å². The van der Waals surface area contributed by atoms with E-state index in [1.165, 1.54) is 12.0 Å². The molecule has 1 aliphatic rings. The number of aryl methyl sites for hydroxylation is 1. The van der Waals surface area contributed by atoms with Crippen LogP contribution < -0.4 is 10.1 Å². The Hall–Kier alpha value is -1.06. The molecule has 3 nitrogen and oxygen atoms in total. The number of likely N-dealkylation sites (N-methyl/N-ethyl adjacent to an activating group) is 1. The Balaban J connectivity index is 1.82. The third-order valence-electron chi connectivity index (χ3n) is 4.17. The van der Waals surface area contributed by atoms with E-state index >= 15 is 0 Å². The van der Waals surface area contributed by atoms with Crippen molar-refractivity contribution in [2.24, 2.45) is 0 Å². The lowest BCUT2D eigenvalue weighted by atomic mass is 10.0. The van der Waals surface area contributed by atoms with Crippen molar-refractivity contribution in [2.45, 2.75) is 38.8 Å². The highest BCUT2D eigenvalue weighted by Crippen LogP contribution is 2.17. The standard InChI is InChI=1S/C16H26N2O/c1-4-18(15-11-17-12-15)13(2)5-6-14-7-9-16(19-3)10-8-14/h7-10,13,15,17H,4-6,11-12H2,1-3H3. The molecular formula is C16H26N2O. The van der Waals surface area contributed by atoms with Crippen LogP contribution >= 0.6 is 0 Å². The van der Waals surface area contributed by atoms with E-state index in [0.717, 1.165) is 37.8 Å². The number of ether oxygens (including phenoxy) is 1. The minimum atomic E-state index is 0.652. The van der Waals surface area contributed by atoms with Crippen LogP contribution in [-0.2, 0) is 6.42 Å². The number of methoxy groups -OCH3 is 1. The van der Waals surface area contributed by atoms with Gasteiger partial charge in [-0.1, -0.05) is 19.1 Å². The van der Waals surface area contributed by atoms with Crippen LogP contribution in [0.15, 0.2) is 24.3 Å². The van der Waals surface area contributed by atoms with Gasteiger partial charge in [-0.3, -0.25) is 4.90 Å². The number of nitrogens with zero attached hydrogens (tertiary/aromatic N) is 1. The van der Waals surface area contributed by atoms with Crippen LogP contribution in [-0.4, -0.2) is 43.7 Å². The van der Waals surface area contributed by atoms with Crippen molar-refractivity contribution in [3.63, 3.8) is 0 Å². The normalized spacial score (nSPS) is 17.3. The zero-order valence-electron chi connectivity index (χ0n) is 12.4. The molecule has 1 heterocycles. The van der Waals surface area contributed by atoms with Gasteiger partial charge in [-0.2, -0.15) is 0 Å². The summed E-state index contributed by atoms with van der Waals surface area (Å²) in [5, 5.41) is 3.36. The SMILES string of the molecule is CCN(C(C)CCc1ccc(OC)cc1)C1CNC1. The zero-order valence-corrected chi connectivity index (χ0v) is 12.4. The molecular weight excluding hydrogens is 236 g/mol. The highest BCUT2D eigenvalue weighted by atomic mass is 16.5. The third-order valence-corrected chi connectivity index (χ3v) is 4.17. The minimum absolute atomic E-state index is 0.652. The molecule has 0 radical (unpaired) electrons. The van der Waals surface area contributed by atoms with E-state index in [0.29, 0.717) is 6.04 Å². The van der Waals surface area contributed by atoms with Crippen LogP contribution in [0, 0.1) is 0 Å². The molecule has 106 valence electrons. The van der Waals surface area contributed by atoms with E-state index in [9.17, 15) is 0 Å². The summed E-state index contributed by atoms with van der Waals surface area (Å²) in [4.78, 5) is 2.63. The molecule has 1 aromatic rings. The van der Waals surface area contributed by atoms with Gasteiger partial charge < -0.3 is 10.1 Å². The first kappa shape index (κ1) is 14.4. The molecule has 1 saturated heterocycles. The smallest absolute Gasteiger partial charge is 0.118 e. The highest BCUT2D eigenvalue weighted by molar-refractivity contribution is 5.27. The summed E-state index contributed by atoms with van der Waals surface area (Å²) >= 11 is 0. The number of nitrogens with one attached hydrogen (secondary N) is 1. The summed E-state index contributed by atoms with van der Waals surface area (Å²) in [5.41, 5.74) is 1.40. The van der Waals surface area contributed by atoms with Gasteiger partial charge in [0.05, 0.1) is 7.11 Å². The van der Waals surface area contributed by atoms with Crippen molar-refractivity contribution in [2.75, 3.05) is 26.7 Å². The molecule has 0 saturated carbocycles. The summed E-state index contributed by atoms with van der Waals surface area (Å²) in [6.45, 7) is 8.07. The summed E-state index contributed by atoms with van der Waals surface area (Å²) in [6.07, 6.45) is 2.36. The maximum Gasteiger partial charge on any atom is 0.118 e. The van der Waals surface area contributed by atoms with Crippen molar-refractivity contribution in [1.82, 2.24) is 10.2 Å². The molecule has 0 aromatic heterocycles. The number of benzene rings is 1. The lowest BCUT2D eigenvalue weighted by Crippen LogP contribution is -2.59. The van der Waals surface area contributed by atoms with Gasteiger partial charge in [0.25, 0.3) is 0 Å². The molecule has 3 heteroatoms. The second-order valence-corrected chi connectivity index (χ2v) is 5.38. The fraction of sp³-hybridized carbons (Fsp3) is 0.625. The summed E-state index contributed by atoms with van der Waals surface area (Å²) in [5.74, 6) is 0.938. The average molecular weight is 262 g/mol. The van der Waals surface area contributed by atoms with E-state index in [4.69, 9.17) is 4.74 Å². The quantitative estimate of drug-likeness (QED) is 0.816. The maximum absolute atomic E-state index is 5.19. The van der Waals surface area contributed by atoms with Crippen LogP contribution in [0.2, 0.25) is 0 Å². The highest BCUT2D eigenvalue weighted by Gasteiger charge is 2.26. The topological polar surface area (TPSA) is 24.5 Å². The molecule has 1 aliphatic heterocycles. The zero-order chi connectivity index (χ0) is 13.7. The molecule has 19 heavy (non-hydrogen) atoms. The van der Waals surface area contributed by atoms with Gasteiger partial charge in [0.2, 0.25) is 0 Å². The van der Waals surface area contributed by atoms with Crippen LogP contribution in [0.1, 0.15) is 25.8 Å². The van der Waals surface area contributed by atoms with Crippen molar-refractivity contribution >= 4 is 0 Å². The van der Waals surface area contributed by atoms with E-state index in [-0.39, 0.29) is 0 Å². The van der Waals surface area contributed by atoms with Gasteiger partial charge >= 0.3 is 0 Å². The van der Waals surface area contributed by atoms with Gasteiger partial charge in [-0.15, -0.1) is 0 Å². The second kappa shape index (κ2) is 6.92. The van der Waals surface area contributed by atoms with Crippen molar-refractivity contribution in [3.8, 4) is 5.75 Å². The first-order valence-electron chi connectivity index (χ1n) is 7.34. The van der Waals surface area contributed by atoms with Crippen molar-refractivity contribution in [1.29, 1.82) is 0 Å². The van der Waals surface area contributed by atoms with Crippen LogP contribution in [0.4, 0.5) is 0 Å². The Morgan fingerprint density at radius 1 is 1.32 bits per heavy atom. The molecule has 2 rings (SSSR count). The van der Waals surface area contributed by atoms with Crippen molar-refractivity contribution in [3.05, 3.63) is 29.8 Å². The maximum atomic E-state index is 5.19. The lowest BCUT2D eigenvalue weighted by molar-refractivity contribution is 0.105. The molecule has 0 bridgehead atoms. The third kappa shape index (κ3) is 3.71. The number of hydrogen-bond donors (Lipinski definition) is 1. The average Bonchev–Trinajstić information content (AvgIpc) is 2.40. The van der Waals surface area contributed by atoms with Gasteiger partial charge in [0.1, 0.15) is 5.75 Å². The molecule has 0 aliphatic carbocycles. The van der Waals surface area contributed by atoms with Crippen LogP contribution in [0.25, 0.3) is 0 Å². The van der Waals surface area contributed by atoms with Gasteiger partial charge in [0, 0.05) is 25.2 Å². The Kier molecular flexibility index (Phi) is 5.23. The molecule has 1 fully saturated rings. The minimum Gasteiger partial charge on any atom is -0.497 e. The monoisotopic (exact) mass is 262 g/mol. The van der Waals surface area contributed by atoms with Crippen molar-refractivity contribution < 1.29 is 4.74 Å². The lowest BCUT2D eigenvalue weighted by Gasteiger charge is -2.41. The largest absolute Gasteiger partial charge is 0.497 e. The number of hydrogen-bond acceptors (Lipinski definition) is 3. The summed E-state index contributed by atoms with van der Waals surface area (Å²) in [7, 11) is 1.71. The molecule has 1 atom stereocenters. The van der Waals surface area contributed by atoms with Gasteiger partial charge in [-0.25, -0.2) is 0 Å². The van der Waals surface area contributed by atoms with Crippen LogP contribution in [0.5, 0.6) is 5.75 Å². The first-order chi connectivity index (χ1) is 9.24. The first-order valence-corrected chi connectivity index (χ1v) is 7.34. The Morgan fingerprint density at radius 2 is 2.00 bits per heavy atom. The van der Waals surface area contributed by atoms with Gasteiger partial charge in [0.15, 0.2) is 0 Å². The predicted molar refractivity (Wildman–Crippen MR) is 79.8 cm³/mol. The number of rotatable bonds is 7. The predicted octanol–water partition coefficient (Wildman–Crippen LogP) is 2.31. The Bertz CT molecular complexity index is 373.